The molecule has 0 bridgehead atoms. The van der Waals surface area contributed by atoms with Crippen LogP contribution in [0.2, 0.25) is 0 Å². The Kier molecular flexibility index (Phi) is 5.11. The van der Waals surface area contributed by atoms with E-state index < -0.39 is 0 Å². The van der Waals surface area contributed by atoms with Crippen molar-refractivity contribution in [2.24, 2.45) is 0 Å². The molecule has 222 valence electrons. The van der Waals surface area contributed by atoms with Gasteiger partial charge in [-0.25, -0.2) is 4.98 Å². The van der Waals surface area contributed by atoms with Gasteiger partial charge in [0.15, 0.2) is 0 Å². The number of fused-ring (bicyclic) bond motifs is 13. The Morgan fingerprint density at radius 3 is 1.85 bits per heavy atom. The highest BCUT2D eigenvalue weighted by molar-refractivity contribution is 6.29. The van der Waals surface area contributed by atoms with Crippen molar-refractivity contribution in [2.45, 2.75) is 0 Å². The van der Waals surface area contributed by atoms with Crippen LogP contribution in [0.5, 0.6) is 0 Å². The third-order valence-electron chi connectivity index (χ3n) is 10.0. The number of rotatable bonds is 2. The Balaban J connectivity index is 1.25. The minimum Gasteiger partial charge on any atom is -0.455 e. The quantitative estimate of drug-likeness (QED) is 0.195. The van der Waals surface area contributed by atoms with Gasteiger partial charge in [0.2, 0.25) is 0 Å². The number of hydrogen-bond donors (Lipinski definition) is 0. The summed E-state index contributed by atoms with van der Waals surface area (Å²) in [5.74, 6) is 0.832. The number of aromatic nitrogens is 1. The molecule has 0 saturated carbocycles. The van der Waals surface area contributed by atoms with Crippen LogP contribution in [0.25, 0.3) is 110 Å². The Morgan fingerprint density at radius 2 is 1.02 bits per heavy atom. The summed E-state index contributed by atoms with van der Waals surface area (Å²) < 4.78 is 13.7. The molecule has 0 amide bonds. The van der Waals surface area contributed by atoms with Gasteiger partial charge in [0.1, 0.15) is 22.5 Å². The van der Waals surface area contributed by atoms with Crippen molar-refractivity contribution >= 4 is 76.1 Å². The molecule has 0 unspecified atom stereocenters. The van der Waals surface area contributed by atoms with Crippen molar-refractivity contribution < 1.29 is 8.83 Å². The van der Waals surface area contributed by atoms with Crippen LogP contribution in [-0.2, 0) is 0 Å². The van der Waals surface area contributed by atoms with Gasteiger partial charge in [-0.2, -0.15) is 0 Å². The Labute approximate surface area is 274 Å². The van der Waals surface area contributed by atoms with Crippen LogP contribution in [0.1, 0.15) is 0 Å². The molecule has 8 aromatic carbocycles. The zero-order valence-corrected chi connectivity index (χ0v) is 25.7. The van der Waals surface area contributed by atoms with Crippen molar-refractivity contribution in [3.63, 3.8) is 0 Å². The van der Waals surface area contributed by atoms with Crippen LogP contribution in [0.4, 0.5) is 0 Å². The summed E-state index contributed by atoms with van der Waals surface area (Å²) in [5, 5.41) is 11.5. The van der Waals surface area contributed by atoms with Crippen molar-refractivity contribution in [3.8, 4) is 33.7 Å². The normalized spacial score (nSPS) is 12.2. The Hall–Kier alpha value is -6.45. The average Bonchev–Trinajstić information content (AvgIpc) is 3.74. The molecule has 0 saturated heterocycles. The van der Waals surface area contributed by atoms with E-state index >= 15 is 0 Å². The zero-order chi connectivity index (χ0) is 31.3. The number of para-hydroxylation sites is 2. The van der Waals surface area contributed by atoms with E-state index in [1.54, 1.807) is 0 Å². The van der Waals surface area contributed by atoms with Crippen LogP contribution in [-0.4, -0.2) is 4.98 Å². The monoisotopic (exact) mass is 611 g/mol. The molecule has 48 heavy (non-hydrogen) atoms. The van der Waals surface area contributed by atoms with E-state index in [0.29, 0.717) is 0 Å². The lowest BCUT2D eigenvalue weighted by Crippen LogP contribution is -1.91. The summed E-state index contributed by atoms with van der Waals surface area (Å²) in [5.41, 5.74) is 8.84. The first-order valence-corrected chi connectivity index (χ1v) is 16.3. The fourth-order valence-corrected chi connectivity index (χ4v) is 7.93. The second-order valence-corrected chi connectivity index (χ2v) is 12.6. The Bertz CT molecular complexity index is 3070. The van der Waals surface area contributed by atoms with Gasteiger partial charge in [-0.3, -0.25) is 0 Å². The molecule has 0 aliphatic carbocycles. The summed E-state index contributed by atoms with van der Waals surface area (Å²) in [6, 6.07) is 53.4. The maximum absolute atomic E-state index is 6.83. The largest absolute Gasteiger partial charge is 0.455 e. The van der Waals surface area contributed by atoms with E-state index in [1.165, 1.54) is 21.5 Å². The van der Waals surface area contributed by atoms with Gasteiger partial charge in [0, 0.05) is 32.7 Å². The highest BCUT2D eigenvalue weighted by Crippen LogP contribution is 2.49. The van der Waals surface area contributed by atoms with Gasteiger partial charge in [-0.05, 0) is 74.3 Å². The predicted octanol–water partition coefficient (Wildman–Crippen LogP) is 12.8. The zero-order valence-electron chi connectivity index (χ0n) is 25.7. The minimum absolute atomic E-state index is 0.821. The topological polar surface area (TPSA) is 39.2 Å². The summed E-state index contributed by atoms with van der Waals surface area (Å²) in [6.07, 6.45) is 0. The maximum atomic E-state index is 6.83. The number of furan rings is 1. The van der Waals surface area contributed by atoms with Gasteiger partial charge in [-0.1, -0.05) is 115 Å². The third-order valence-corrected chi connectivity index (χ3v) is 10.0. The summed E-state index contributed by atoms with van der Waals surface area (Å²) in [4.78, 5) is 5.11. The molecule has 2 aliphatic rings. The van der Waals surface area contributed by atoms with Crippen molar-refractivity contribution in [3.05, 3.63) is 152 Å². The van der Waals surface area contributed by atoms with E-state index in [-0.39, 0.29) is 0 Å². The second-order valence-electron chi connectivity index (χ2n) is 12.6. The molecular formula is C45H25NO2. The second kappa shape index (κ2) is 9.54. The summed E-state index contributed by atoms with van der Waals surface area (Å²) in [6.45, 7) is 0. The van der Waals surface area contributed by atoms with Gasteiger partial charge in [0.05, 0.1) is 16.8 Å². The first kappa shape index (κ1) is 25.7. The van der Waals surface area contributed by atoms with Gasteiger partial charge in [-0.15, -0.1) is 0 Å². The van der Waals surface area contributed by atoms with E-state index in [4.69, 9.17) is 13.8 Å². The van der Waals surface area contributed by atoms with E-state index in [0.717, 1.165) is 88.3 Å². The molecule has 2 aliphatic heterocycles. The lowest BCUT2D eigenvalue weighted by molar-refractivity contribution is 0.622. The molecule has 0 N–H and O–H groups in total. The lowest BCUT2D eigenvalue weighted by atomic mass is 9.89. The first-order valence-electron chi connectivity index (χ1n) is 16.3. The molecule has 0 spiro atoms. The molecule has 3 heteroatoms. The molecule has 1 aromatic heterocycles. The van der Waals surface area contributed by atoms with Crippen molar-refractivity contribution in [1.29, 1.82) is 0 Å². The third kappa shape index (κ3) is 3.45. The van der Waals surface area contributed by atoms with Crippen LogP contribution in [0.15, 0.2) is 160 Å². The highest BCUT2D eigenvalue weighted by atomic mass is 16.3. The molecule has 0 radical (unpaired) electrons. The maximum Gasteiger partial charge on any atom is 0.145 e. The molecule has 9 aromatic rings. The number of benzene rings is 8. The van der Waals surface area contributed by atoms with Crippen molar-refractivity contribution in [1.82, 2.24) is 4.98 Å². The van der Waals surface area contributed by atoms with Crippen LogP contribution in [0, 0.1) is 0 Å². The molecule has 3 nitrogen and oxygen atoms in total. The van der Waals surface area contributed by atoms with E-state index in [9.17, 15) is 0 Å². The van der Waals surface area contributed by atoms with Crippen molar-refractivity contribution in [2.75, 3.05) is 0 Å². The summed E-state index contributed by atoms with van der Waals surface area (Å²) in [7, 11) is 0. The van der Waals surface area contributed by atoms with Crippen LogP contribution >= 0.6 is 0 Å². The smallest absolute Gasteiger partial charge is 0.145 e. The average molecular weight is 612 g/mol. The van der Waals surface area contributed by atoms with Gasteiger partial charge < -0.3 is 8.83 Å². The first-order chi connectivity index (χ1) is 23.8. The van der Waals surface area contributed by atoms with Gasteiger partial charge in [0.25, 0.3) is 0 Å². The molecule has 0 fully saturated rings. The van der Waals surface area contributed by atoms with Crippen LogP contribution in [0.3, 0.4) is 0 Å². The molecule has 3 heterocycles. The number of hydrogen-bond acceptors (Lipinski definition) is 3. The summed E-state index contributed by atoms with van der Waals surface area (Å²) >= 11 is 0. The van der Waals surface area contributed by atoms with Gasteiger partial charge >= 0.3 is 0 Å². The fraction of sp³-hybridized carbons (Fsp3) is 0. The lowest BCUT2D eigenvalue weighted by Gasteiger charge is -2.16. The molecular weight excluding hydrogens is 587 g/mol. The minimum atomic E-state index is 0.821. The predicted molar refractivity (Wildman–Crippen MR) is 199 cm³/mol. The molecule has 11 rings (SSSR count). The van der Waals surface area contributed by atoms with Crippen LogP contribution < -0.4 is 0 Å². The SMILES string of the molecule is c1ccc2c(c1)ccc1oc3c(-c4ccc(-c5oc6ccccc6c6nc7ccccc7c5-6)c5ccccc45)cc4ccccc4c3c12. The van der Waals surface area contributed by atoms with E-state index in [2.05, 4.69) is 127 Å². The fourth-order valence-electron chi connectivity index (χ4n) is 7.93. The molecule has 0 atom stereocenters. The standard InChI is InChI=1S/C45H25NO2/c1-3-13-28-26(11-1)21-24-39-40(28)41-29-14-4-2-12-27(29)25-36(45(41)48-39)32-22-23-33(31-16-6-5-15-30(31)32)44-42-34-17-7-9-19-37(34)46-43(42)35-18-8-10-20-38(35)47-44/h1-25H. The van der Waals surface area contributed by atoms with E-state index in [1.807, 2.05) is 24.3 Å². The number of nitrogens with zero attached hydrogens (tertiary/aromatic N) is 1. The highest BCUT2D eigenvalue weighted by Gasteiger charge is 2.25. The Morgan fingerprint density at radius 1 is 0.396 bits per heavy atom.